The highest BCUT2D eigenvalue weighted by Crippen LogP contribution is 2.16. The fourth-order valence-electron chi connectivity index (χ4n) is 2.31. The molecule has 30 heavy (non-hydrogen) atoms. The number of ether oxygens (including phenoxy) is 1. The number of benzene rings is 2. The highest BCUT2D eigenvalue weighted by Gasteiger charge is 2.13. The molecule has 2 rings (SSSR count). The maximum absolute atomic E-state index is 12.3. The summed E-state index contributed by atoms with van der Waals surface area (Å²) in [6.45, 7) is 7.63. The van der Waals surface area contributed by atoms with Crippen LogP contribution in [0, 0.1) is 0 Å². The van der Waals surface area contributed by atoms with Crippen molar-refractivity contribution in [3.63, 3.8) is 0 Å². The van der Waals surface area contributed by atoms with Gasteiger partial charge in [0.1, 0.15) is 5.75 Å². The molecule has 7 nitrogen and oxygen atoms in total. The highest BCUT2D eigenvalue weighted by molar-refractivity contribution is 7.89. The summed E-state index contributed by atoms with van der Waals surface area (Å²) < 4.78 is 32.2. The molecule has 0 aliphatic carbocycles. The molecule has 1 unspecified atom stereocenters. The quantitative estimate of drug-likeness (QED) is 0.402. The molecule has 1 amide bonds. The molecule has 0 aliphatic heterocycles. The fraction of sp³-hybridized carbons (Fsp3) is 0.238. The van der Waals surface area contributed by atoms with E-state index in [0.29, 0.717) is 17.0 Å². The van der Waals surface area contributed by atoms with Crippen molar-refractivity contribution in [1.29, 1.82) is 0 Å². The van der Waals surface area contributed by atoms with Gasteiger partial charge < -0.3 is 10.1 Å². The molecule has 0 bridgehead atoms. The summed E-state index contributed by atoms with van der Waals surface area (Å²) in [6.07, 6.45) is 2.45. The molecule has 2 aromatic rings. The van der Waals surface area contributed by atoms with Crippen molar-refractivity contribution >= 4 is 38.9 Å². The molecule has 0 heterocycles. The maximum atomic E-state index is 12.3. The van der Waals surface area contributed by atoms with Crippen LogP contribution in [0.3, 0.4) is 0 Å². The third-order valence-electron chi connectivity index (χ3n) is 4.10. The normalized spacial score (nSPS) is 11.9. The van der Waals surface area contributed by atoms with Gasteiger partial charge in [0.2, 0.25) is 10.0 Å². The van der Waals surface area contributed by atoms with Crippen molar-refractivity contribution < 1.29 is 17.9 Å². The van der Waals surface area contributed by atoms with E-state index in [1.54, 1.807) is 36.4 Å². The largest absolute Gasteiger partial charge is 0.491 e. The van der Waals surface area contributed by atoms with Gasteiger partial charge in [-0.25, -0.2) is 13.1 Å². The second-order valence-electron chi connectivity index (χ2n) is 6.43. The highest BCUT2D eigenvalue weighted by atomic mass is 32.2. The third kappa shape index (κ3) is 6.94. The first-order chi connectivity index (χ1) is 14.2. The number of anilines is 1. The van der Waals surface area contributed by atoms with Crippen LogP contribution in [0.5, 0.6) is 5.75 Å². The van der Waals surface area contributed by atoms with Crippen LogP contribution in [0.1, 0.15) is 30.6 Å². The average Bonchev–Trinajstić information content (AvgIpc) is 2.73. The van der Waals surface area contributed by atoms with E-state index in [0.717, 1.165) is 6.42 Å². The standard InChI is InChI=1S/C21H25N3O4S2/c1-4-14-22-30(26,27)19-12-8-17(9-13-19)23-21(29)24-20(25)16-6-10-18(11-7-16)28-15(3)5-2/h4,6-13,15,22H,1,5,14H2,2-3H3,(H2,23,24,25,29). The lowest BCUT2D eigenvalue weighted by molar-refractivity contribution is 0.0977. The molecular weight excluding hydrogens is 422 g/mol. The number of nitrogens with one attached hydrogen (secondary N) is 3. The van der Waals surface area contributed by atoms with Crippen molar-refractivity contribution in [2.75, 3.05) is 11.9 Å². The molecule has 0 saturated heterocycles. The number of hydrogen-bond donors (Lipinski definition) is 3. The molecule has 0 fully saturated rings. The summed E-state index contributed by atoms with van der Waals surface area (Å²) in [5, 5.41) is 5.54. The lowest BCUT2D eigenvalue weighted by Crippen LogP contribution is -2.34. The maximum Gasteiger partial charge on any atom is 0.257 e. The van der Waals surface area contributed by atoms with Gasteiger partial charge in [-0.15, -0.1) is 6.58 Å². The van der Waals surface area contributed by atoms with Gasteiger partial charge in [0.15, 0.2) is 5.11 Å². The van der Waals surface area contributed by atoms with Crippen LogP contribution < -0.4 is 20.1 Å². The molecule has 0 saturated carbocycles. The Morgan fingerprint density at radius 1 is 1.17 bits per heavy atom. The first-order valence-corrected chi connectivity index (χ1v) is 11.2. The number of amides is 1. The van der Waals surface area contributed by atoms with E-state index in [1.807, 2.05) is 13.8 Å². The van der Waals surface area contributed by atoms with Gasteiger partial charge >= 0.3 is 0 Å². The Bertz CT molecular complexity index is 988. The molecular formula is C21H25N3O4S2. The van der Waals surface area contributed by atoms with Crippen LogP contribution >= 0.6 is 12.2 Å². The zero-order valence-corrected chi connectivity index (χ0v) is 18.5. The van der Waals surface area contributed by atoms with Crippen LogP contribution in [0.15, 0.2) is 66.1 Å². The van der Waals surface area contributed by atoms with Crippen LogP contribution in [-0.4, -0.2) is 32.1 Å². The first-order valence-electron chi connectivity index (χ1n) is 9.35. The van der Waals surface area contributed by atoms with Crippen molar-refractivity contribution in [2.45, 2.75) is 31.3 Å². The smallest absolute Gasteiger partial charge is 0.257 e. The summed E-state index contributed by atoms with van der Waals surface area (Å²) in [6, 6.07) is 12.8. The van der Waals surface area contributed by atoms with Crippen LogP contribution in [0.4, 0.5) is 5.69 Å². The van der Waals surface area contributed by atoms with E-state index in [2.05, 4.69) is 21.9 Å². The summed E-state index contributed by atoms with van der Waals surface area (Å²) in [5.41, 5.74) is 0.977. The number of rotatable bonds is 9. The van der Waals surface area contributed by atoms with Crippen molar-refractivity contribution in [2.24, 2.45) is 0 Å². The van der Waals surface area contributed by atoms with Crippen LogP contribution in [0.25, 0.3) is 0 Å². The van der Waals surface area contributed by atoms with Crippen LogP contribution in [-0.2, 0) is 10.0 Å². The lowest BCUT2D eigenvalue weighted by atomic mass is 10.2. The van der Waals surface area contributed by atoms with Gasteiger partial charge in [-0.3, -0.25) is 10.1 Å². The molecule has 0 aromatic heterocycles. The molecule has 1 atom stereocenters. The van der Waals surface area contributed by atoms with E-state index < -0.39 is 10.0 Å². The fourth-order valence-corrected chi connectivity index (χ4v) is 3.52. The van der Waals surface area contributed by atoms with Gasteiger partial charge in [0, 0.05) is 17.8 Å². The Hall–Kier alpha value is -2.75. The van der Waals surface area contributed by atoms with E-state index >= 15 is 0 Å². The monoisotopic (exact) mass is 447 g/mol. The Kier molecular flexibility index (Phi) is 8.52. The third-order valence-corrected chi connectivity index (χ3v) is 5.74. The minimum absolute atomic E-state index is 0.0975. The molecule has 9 heteroatoms. The Morgan fingerprint density at radius 3 is 2.37 bits per heavy atom. The zero-order valence-electron chi connectivity index (χ0n) is 16.8. The van der Waals surface area contributed by atoms with E-state index in [1.165, 1.54) is 18.2 Å². The number of carbonyl (C=O) groups is 1. The van der Waals surface area contributed by atoms with Crippen molar-refractivity contribution in [1.82, 2.24) is 10.0 Å². The van der Waals surface area contributed by atoms with Gasteiger partial charge in [-0.2, -0.15) is 0 Å². The van der Waals surface area contributed by atoms with Gasteiger partial charge in [-0.05, 0) is 74.1 Å². The van der Waals surface area contributed by atoms with Gasteiger partial charge in [0.25, 0.3) is 5.91 Å². The lowest BCUT2D eigenvalue weighted by Gasteiger charge is -2.13. The second-order valence-corrected chi connectivity index (χ2v) is 8.61. The zero-order chi connectivity index (χ0) is 22.1. The molecule has 0 radical (unpaired) electrons. The van der Waals surface area contributed by atoms with Gasteiger partial charge in [-0.1, -0.05) is 13.0 Å². The molecule has 0 spiro atoms. The summed E-state index contributed by atoms with van der Waals surface area (Å²) >= 11 is 5.16. The predicted molar refractivity (Wildman–Crippen MR) is 122 cm³/mol. The number of hydrogen-bond acceptors (Lipinski definition) is 5. The van der Waals surface area contributed by atoms with Crippen molar-refractivity contribution in [3.8, 4) is 5.75 Å². The summed E-state index contributed by atoms with van der Waals surface area (Å²) in [5.74, 6) is 0.328. The topological polar surface area (TPSA) is 96.5 Å². The van der Waals surface area contributed by atoms with Crippen LogP contribution in [0.2, 0.25) is 0 Å². The molecule has 160 valence electrons. The van der Waals surface area contributed by atoms with E-state index in [4.69, 9.17) is 17.0 Å². The molecule has 3 N–H and O–H groups in total. The number of thiocarbonyl (C=S) groups is 1. The Balaban J connectivity index is 1.93. The predicted octanol–water partition coefficient (Wildman–Crippen LogP) is 3.46. The minimum atomic E-state index is -3.60. The number of carbonyl (C=O) groups excluding carboxylic acids is 1. The number of sulfonamides is 1. The molecule has 2 aromatic carbocycles. The van der Waals surface area contributed by atoms with Gasteiger partial charge in [0.05, 0.1) is 11.0 Å². The summed E-state index contributed by atoms with van der Waals surface area (Å²) in [7, 11) is -3.60. The summed E-state index contributed by atoms with van der Waals surface area (Å²) in [4.78, 5) is 12.5. The SMILES string of the molecule is C=CCNS(=O)(=O)c1ccc(NC(=S)NC(=O)c2ccc(OC(C)CC)cc2)cc1. The average molecular weight is 448 g/mol. The Morgan fingerprint density at radius 2 is 1.80 bits per heavy atom. The minimum Gasteiger partial charge on any atom is -0.491 e. The van der Waals surface area contributed by atoms with E-state index in [9.17, 15) is 13.2 Å². The van der Waals surface area contributed by atoms with Crippen molar-refractivity contribution in [3.05, 3.63) is 66.7 Å². The Labute approximate surface area is 182 Å². The second kappa shape index (κ2) is 10.9. The first kappa shape index (κ1) is 23.5. The molecule has 0 aliphatic rings. The van der Waals surface area contributed by atoms with E-state index in [-0.39, 0.29) is 28.6 Å².